The molecule has 274 valence electrons. The second-order valence-corrected chi connectivity index (χ2v) is 17.5. The number of carbonyl (C=O) groups excluding carboxylic acids is 1. The van der Waals surface area contributed by atoms with Crippen molar-refractivity contribution in [3.8, 4) is 28.0 Å². The molecule has 0 bridgehead atoms. The smallest absolute Gasteiger partial charge is 0.344 e. The van der Waals surface area contributed by atoms with Crippen LogP contribution in [0.2, 0.25) is 0 Å². The summed E-state index contributed by atoms with van der Waals surface area (Å²) in [6.07, 6.45) is 0. The maximum atomic E-state index is 15.0. The van der Waals surface area contributed by atoms with Gasteiger partial charge < -0.3 is 4.74 Å². The lowest BCUT2D eigenvalue weighted by molar-refractivity contribution is 0.0743. The van der Waals surface area contributed by atoms with Gasteiger partial charge in [0.15, 0.2) is 0 Å². The van der Waals surface area contributed by atoms with Gasteiger partial charge in [0.05, 0.1) is 5.56 Å². The Balaban J connectivity index is 1.36. The van der Waals surface area contributed by atoms with E-state index in [0.717, 1.165) is 48.7 Å². The van der Waals surface area contributed by atoms with E-state index in [1.165, 1.54) is 50.1 Å². The highest BCUT2D eigenvalue weighted by Crippen LogP contribution is 2.47. The lowest BCUT2D eigenvalue weighted by Gasteiger charge is -2.25. The van der Waals surface area contributed by atoms with Crippen LogP contribution in [0, 0.1) is 27.7 Å². The Labute approximate surface area is 325 Å². The topological polar surface area (TPSA) is 26.3 Å². The summed E-state index contributed by atoms with van der Waals surface area (Å²) in [5, 5.41) is 7.81. The molecule has 0 aromatic heterocycles. The van der Waals surface area contributed by atoms with Gasteiger partial charge >= 0.3 is 5.97 Å². The quantitative estimate of drug-likeness (QED) is 0.103. The van der Waals surface area contributed by atoms with Crippen LogP contribution in [0.15, 0.2) is 121 Å². The van der Waals surface area contributed by atoms with Crippen molar-refractivity contribution in [2.45, 2.75) is 80.1 Å². The molecular weight excluding hydrogens is 669 g/mol. The zero-order valence-corrected chi connectivity index (χ0v) is 33.9. The van der Waals surface area contributed by atoms with E-state index in [-0.39, 0.29) is 16.8 Å². The highest BCUT2D eigenvalue weighted by atomic mass is 16.5. The number of esters is 1. The van der Waals surface area contributed by atoms with Crippen LogP contribution in [-0.4, -0.2) is 5.97 Å². The first-order chi connectivity index (χ1) is 26.1. The summed E-state index contributed by atoms with van der Waals surface area (Å²) in [6, 6.07) is 42.7. The van der Waals surface area contributed by atoms with Gasteiger partial charge in [-0.05, 0) is 126 Å². The average Bonchev–Trinajstić information content (AvgIpc) is 3.14. The first kappa shape index (κ1) is 36.3. The van der Waals surface area contributed by atoms with Crippen molar-refractivity contribution < 1.29 is 9.53 Å². The Morgan fingerprint density at radius 2 is 0.673 bits per heavy atom. The van der Waals surface area contributed by atoms with Crippen molar-refractivity contribution in [2.24, 2.45) is 0 Å². The monoisotopic (exact) mass is 718 g/mol. The Kier molecular flexibility index (Phi) is 8.73. The summed E-state index contributed by atoms with van der Waals surface area (Å²) in [6.45, 7) is 22.4. The molecule has 2 heteroatoms. The molecule has 0 unspecified atom stereocenters. The second kappa shape index (κ2) is 13.2. The average molecular weight is 719 g/mol. The molecule has 0 atom stereocenters. The first-order valence-electron chi connectivity index (χ1n) is 19.5. The van der Waals surface area contributed by atoms with Gasteiger partial charge in [-0.25, -0.2) is 4.79 Å². The Morgan fingerprint density at radius 1 is 0.400 bits per heavy atom. The fourth-order valence-corrected chi connectivity index (χ4v) is 8.81. The van der Waals surface area contributed by atoms with Crippen LogP contribution in [0.4, 0.5) is 0 Å². The van der Waals surface area contributed by atoms with Gasteiger partial charge in [-0.3, -0.25) is 0 Å². The molecular formula is C53H50O2. The highest BCUT2D eigenvalue weighted by Gasteiger charge is 2.27. The lowest BCUT2D eigenvalue weighted by atomic mass is 9.80. The zero-order chi connectivity index (χ0) is 39.0. The number of hydrogen-bond acceptors (Lipinski definition) is 2. The molecule has 8 rings (SSSR count). The third-order valence-electron chi connectivity index (χ3n) is 11.5. The van der Waals surface area contributed by atoms with Crippen LogP contribution in [0.1, 0.15) is 85.3 Å². The van der Waals surface area contributed by atoms with Crippen LogP contribution in [0.5, 0.6) is 5.75 Å². The largest absolute Gasteiger partial charge is 0.422 e. The summed E-state index contributed by atoms with van der Waals surface area (Å²) in [5.74, 6) is 0.226. The molecule has 0 aliphatic heterocycles. The van der Waals surface area contributed by atoms with E-state index in [0.29, 0.717) is 11.3 Å². The van der Waals surface area contributed by atoms with Crippen molar-refractivity contribution in [3.63, 3.8) is 0 Å². The van der Waals surface area contributed by atoms with Gasteiger partial charge in [0.2, 0.25) is 0 Å². The minimum Gasteiger partial charge on any atom is -0.422 e. The van der Waals surface area contributed by atoms with Crippen molar-refractivity contribution >= 4 is 49.1 Å². The van der Waals surface area contributed by atoms with Crippen molar-refractivity contribution in [1.29, 1.82) is 0 Å². The number of benzene rings is 8. The number of ether oxygens (including phenoxy) is 1. The maximum absolute atomic E-state index is 15.0. The minimum absolute atomic E-state index is 0.0346. The SMILES string of the molecule is Cc1cc(C(C)(C)C)cc(C)c1-c1c2ccccc2c(OC(=O)c2c3ccccc3c(-c3c(C)cc(C(C)(C)C)cc3C)c3ccccc23)c2ccccc12. The minimum atomic E-state index is -0.361. The van der Waals surface area contributed by atoms with Crippen molar-refractivity contribution in [3.05, 3.63) is 160 Å². The molecule has 0 saturated heterocycles. The molecule has 0 N–H and O–H groups in total. The van der Waals surface area contributed by atoms with Crippen LogP contribution >= 0.6 is 0 Å². The lowest BCUT2D eigenvalue weighted by Crippen LogP contribution is -2.13. The van der Waals surface area contributed by atoms with Gasteiger partial charge in [0.25, 0.3) is 0 Å². The zero-order valence-electron chi connectivity index (χ0n) is 33.9. The van der Waals surface area contributed by atoms with Gasteiger partial charge in [-0.1, -0.05) is 163 Å². The van der Waals surface area contributed by atoms with Gasteiger partial charge in [0, 0.05) is 10.8 Å². The Morgan fingerprint density at radius 3 is 0.982 bits per heavy atom. The van der Waals surface area contributed by atoms with Crippen LogP contribution in [0.25, 0.3) is 65.3 Å². The van der Waals surface area contributed by atoms with Crippen molar-refractivity contribution in [1.82, 2.24) is 0 Å². The molecule has 0 radical (unpaired) electrons. The number of hydrogen-bond donors (Lipinski definition) is 0. The highest BCUT2D eigenvalue weighted by molar-refractivity contribution is 6.25. The fourth-order valence-electron chi connectivity index (χ4n) is 8.81. The molecule has 0 fully saturated rings. The summed E-state index contributed by atoms with van der Waals surface area (Å²) < 4.78 is 6.77. The molecule has 0 aliphatic carbocycles. The van der Waals surface area contributed by atoms with E-state index < -0.39 is 0 Å². The van der Waals surface area contributed by atoms with E-state index in [1.807, 2.05) is 24.3 Å². The van der Waals surface area contributed by atoms with Gasteiger partial charge in [0.1, 0.15) is 5.75 Å². The number of aryl methyl sites for hydroxylation is 4. The third-order valence-corrected chi connectivity index (χ3v) is 11.5. The second-order valence-electron chi connectivity index (χ2n) is 17.5. The molecule has 8 aromatic carbocycles. The number of fused-ring (bicyclic) bond motifs is 4. The van der Waals surface area contributed by atoms with Gasteiger partial charge in [-0.15, -0.1) is 0 Å². The van der Waals surface area contributed by atoms with Crippen molar-refractivity contribution in [2.75, 3.05) is 0 Å². The summed E-state index contributed by atoms with van der Waals surface area (Å²) in [4.78, 5) is 15.0. The molecule has 0 saturated carbocycles. The standard InChI is InChI=1S/C53H50O2/c1-31-27-35(52(5,6)7)28-32(2)45(31)47-37-19-11-13-21-39(37)49(40-22-14-12-20-38(40)47)51(54)55-50-43-25-17-15-23-41(43)48(42-24-16-18-26-44(42)50)46-33(3)29-36(30-34(46)4)53(8,9)10/h11-30H,1-10H3. The van der Waals surface area contributed by atoms with Crippen LogP contribution < -0.4 is 4.74 Å². The normalized spacial score (nSPS) is 12.3. The van der Waals surface area contributed by atoms with E-state index in [2.05, 4.69) is 166 Å². The first-order valence-corrected chi connectivity index (χ1v) is 19.5. The van der Waals surface area contributed by atoms with E-state index in [9.17, 15) is 0 Å². The van der Waals surface area contributed by atoms with E-state index in [1.54, 1.807) is 0 Å². The molecule has 2 nitrogen and oxygen atoms in total. The molecule has 0 heterocycles. The summed E-state index contributed by atoms with van der Waals surface area (Å²) in [5.41, 5.74) is 13.0. The molecule has 0 aliphatic rings. The third kappa shape index (κ3) is 6.09. The fraction of sp³-hybridized carbons (Fsp3) is 0.226. The predicted molar refractivity (Wildman–Crippen MR) is 235 cm³/mol. The number of rotatable bonds is 4. The molecule has 0 spiro atoms. The molecule has 55 heavy (non-hydrogen) atoms. The van der Waals surface area contributed by atoms with Gasteiger partial charge in [-0.2, -0.15) is 0 Å². The van der Waals surface area contributed by atoms with E-state index >= 15 is 4.79 Å². The number of carbonyl (C=O) groups is 1. The molecule has 8 aromatic rings. The maximum Gasteiger partial charge on any atom is 0.344 e. The van der Waals surface area contributed by atoms with E-state index in [4.69, 9.17) is 4.74 Å². The van der Waals surface area contributed by atoms with Crippen LogP contribution in [0.3, 0.4) is 0 Å². The predicted octanol–water partition coefficient (Wildman–Crippen LogP) is 14.7. The summed E-state index contributed by atoms with van der Waals surface area (Å²) >= 11 is 0. The Bertz CT molecular complexity index is 2700. The molecule has 0 amide bonds. The Hall–Kier alpha value is -5.73. The van der Waals surface area contributed by atoms with Crippen LogP contribution in [-0.2, 0) is 10.8 Å². The summed E-state index contributed by atoms with van der Waals surface area (Å²) in [7, 11) is 0.